The monoisotopic (exact) mass is 232 g/mol. The van der Waals surface area contributed by atoms with Crippen LogP contribution in [0, 0.1) is 11.8 Å². The number of hydrogen-bond donors (Lipinski definition) is 0. The van der Waals surface area contributed by atoms with E-state index in [4.69, 9.17) is 16.3 Å². The second kappa shape index (κ2) is 4.73. The van der Waals surface area contributed by atoms with E-state index >= 15 is 0 Å². The zero-order valence-corrected chi connectivity index (χ0v) is 10.8. The van der Waals surface area contributed by atoms with Gasteiger partial charge in [-0.1, -0.05) is 6.92 Å². The summed E-state index contributed by atoms with van der Waals surface area (Å²) in [6, 6.07) is 0. The van der Waals surface area contributed by atoms with Crippen molar-refractivity contribution < 1.29 is 9.53 Å². The van der Waals surface area contributed by atoms with Crippen LogP contribution in [0.25, 0.3) is 0 Å². The minimum absolute atomic E-state index is 0.0134. The standard InChI is InChI=1S/C12H21ClO2/c1-8-5-6-9(13)7-10(8)11(14)15-12(2,3)4/h8-10H,5-7H2,1-4H3/t8-,9-,10-/m0/s1. The van der Waals surface area contributed by atoms with E-state index in [2.05, 4.69) is 6.92 Å². The Balaban J connectivity index is 2.57. The highest BCUT2D eigenvalue weighted by atomic mass is 35.5. The van der Waals surface area contributed by atoms with Gasteiger partial charge in [0.15, 0.2) is 0 Å². The van der Waals surface area contributed by atoms with E-state index in [1.165, 1.54) is 0 Å². The third-order valence-corrected chi connectivity index (χ3v) is 3.24. The first-order valence-corrected chi connectivity index (χ1v) is 6.10. The van der Waals surface area contributed by atoms with Gasteiger partial charge >= 0.3 is 5.97 Å². The maximum Gasteiger partial charge on any atom is 0.309 e. The van der Waals surface area contributed by atoms with E-state index in [0.717, 1.165) is 19.3 Å². The molecule has 1 saturated carbocycles. The maximum absolute atomic E-state index is 11.9. The fourth-order valence-electron chi connectivity index (χ4n) is 1.98. The van der Waals surface area contributed by atoms with Crippen LogP contribution in [-0.4, -0.2) is 16.9 Å². The molecule has 0 aromatic rings. The number of rotatable bonds is 1. The molecule has 0 spiro atoms. The lowest BCUT2D eigenvalue weighted by molar-refractivity contribution is -0.162. The zero-order valence-electron chi connectivity index (χ0n) is 10.0. The lowest BCUT2D eigenvalue weighted by Crippen LogP contribution is -2.35. The highest BCUT2D eigenvalue weighted by Crippen LogP contribution is 2.34. The van der Waals surface area contributed by atoms with Crippen molar-refractivity contribution in [2.24, 2.45) is 11.8 Å². The number of carbonyl (C=O) groups is 1. The summed E-state index contributed by atoms with van der Waals surface area (Å²) in [6.07, 6.45) is 2.80. The molecular formula is C12H21ClO2. The molecule has 0 unspecified atom stereocenters. The molecule has 88 valence electrons. The molecule has 0 bridgehead atoms. The smallest absolute Gasteiger partial charge is 0.309 e. The Labute approximate surface area is 97.3 Å². The second-order valence-electron chi connectivity index (χ2n) is 5.53. The molecule has 15 heavy (non-hydrogen) atoms. The molecule has 1 aliphatic rings. The number of halogens is 1. The van der Waals surface area contributed by atoms with E-state index in [-0.39, 0.29) is 17.3 Å². The van der Waals surface area contributed by atoms with Gasteiger partial charge in [-0.25, -0.2) is 0 Å². The van der Waals surface area contributed by atoms with Crippen LogP contribution in [0.1, 0.15) is 47.0 Å². The molecule has 1 fully saturated rings. The van der Waals surface area contributed by atoms with Gasteiger partial charge in [0.1, 0.15) is 5.60 Å². The minimum Gasteiger partial charge on any atom is -0.460 e. The molecule has 0 aromatic heterocycles. The normalized spacial score (nSPS) is 32.5. The number of alkyl halides is 1. The predicted octanol–water partition coefficient (Wildman–Crippen LogP) is 3.37. The van der Waals surface area contributed by atoms with Gasteiger partial charge in [-0.05, 0) is 46.0 Å². The fourth-order valence-corrected chi connectivity index (χ4v) is 2.29. The molecule has 0 heterocycles. The fraction of sp³-hybridized carbons (Fsp3) is 0.917. The topological polar surface area (TPSA) is 26.3 Å². The first kappa shape index (κ1) is 12.8. The summed E-state index contributed by atoms with van der Waals surface area (Å²) in [7, 11) is 0. The molecule has 0 aliphatic heterocycles. The summed E-state index contributed by atoms with van der Waals surface area (Å²) in [5, 5.41) is 0.138. The van der Waals surface area contributed by atoms with Gasteiger partial charge in [-0.15, -0.1) is 11.6 Å². The van der Waals surface area contributed by atoms with Crippen LogP contribution in [0.15, 0.2) is 0 Å². The molecule has 0 saturated heterocycles. The summed E-state index contributed by atoms with van der Waals surface area (Å²) in [5.74, 6) is 0.302. The van der Waals surface area contributed by atoms with E-state index in [1.807, 2.05) is 20.8 Å². The van der Waals surface area contributed by atoms with Crippen molar-refractivity contribution in [2.45, 2.75) is 57.9 Å². The third-order valence-electron chi connectivity index (χ3n) is 2.84. The third kappa shape index (κ3) is 4.02. The van der Waals surface area contributed by atoms with Gasteiger partial charge in [-0.3, -0.25) is 4.79 Å². The lowest BCUT2D eigenvalue weighted by Gasteiger charge is -2.32. The molecule has 0 amide bonds. The largest absolute Gasteiger partial charge is 0.460 e. The average Bonchev–Trinajstić information content (AvgIpc) is 2.06. The Morgan fingerprint density at radius 2 is 1.93 bits per heavy atom. The first-order valence-electron chi connectivity index (χ1n) is 5.66. The molecule has 0 N–H and O–H groups in total. The van der Waals surface area contributed by atoms with Crippen LogP contribution in [0.3, 0.4) is 0 Å². The Morgan fingerprint density at radius 1 is 1.33 bits per heavy atom. The van der Waals surface area contributed by atoms with Crippen molar-refractivity contribution in [3.8, 4) is 0 Å². The van der Waals surface area contributed by atoms with Gasteiger partial charge in [0.25, 0.3) is 0 Å². The quantitative estimate of drug-likeness (QED) is 0.512. The van der Waals surface area contributed by atoms with Crippen molar-refractivity contribution in [1.29, 1.82) is 0 Å². The highest BCUT2D eigenvalue weighted by molar-refractivity contribution is 6.20. The Bertz CT molecular complexity index is 232. The summed E-state index contributed by atoms with van der Waals surface area (Å²) >= 11 is 6.08. The second-order valence-corrected chi connectivity index (χ2v) is 6.14. The average molecular weight is 233 g/mol. The molecule has 0 radical (unpaired) electrons. The zero-order chi connectivity index (χ0) is 11.6. The number of esters is 1. The van der Waals surface area contributed by atoms with Crippen molar-refractivity contribution in [1.82, 2.24) is 0 Å². The summed E-state index contributed by atoms with van der Waals surface area (Å²) < 4.78 is 5.40. The molecular weight excluding hydrogens is 212 g/mol. The predicted molar refractivity (Wildman–Crippen MR) is 62.0 cm³/mol. The molecule has 0 aromatic carbocycles. The summed E-state index contributed by atoms with van der Waals surface area (Å²) in [5.41, 5.74) is -0.393. The van der Waals surface area contributed by atoms with Gasteiger partial charge < -0.3 is 4.74 Å². The maximum atomic E-state index is 11.9. The van der Waals surface area contributed by atoms with E-state index < -0.39 is 5.60 Å². The van der Waals surface area contributed by atoms with E-state index in [1.54, 1.807) is 0 Å². The number of carbonyl (C=O) groups excluding carboxylic acids is 1. The first-order chi connectivity index (χ1) is 6.79. The van der Waals surface area contributed by atoms with Gasteiger partial charge in [0, 0.05) is 5.38 Å². The van der Waals surface area contributed by atoms with Gasteiger partial charge in [0.2, 0.25) is 0 Å². The summed E-state index contributed by atoms with van der Waals surface area (Å²) in [6.45, 7) is 7.81. The molecule has 2 nitrogen and oxygen atoms in total. The summed E-state index contributed by atoms with van der Waals surface area (Å²) in [4.78, 5) is 11.9. The van der Waals surface area contributed by atoms with E-state index in [9.17, 15) is 4.79 Å². The van der Waals surface area contributed by atoms with Crippen LogP contribution < -0.4 is 0 Å². The van der Waals surface area contributed by atoms with Crippen LogP contribution in [-0.2, 0) is 9.53 Å². The van der Waals surface area contributed by atoms with Crippen LogP contribution in [0.2, 0.25) is 0 Å². The van der Waals surface area contributed by atoms with Crippen molar-refractivity contribution in [3.05, 3.63) is 0 Å². The van der Waals surface area contributed by atoms with Crippen LogP contribution in [0.4, 0.5) is 0 Å². The van der Waals surface area contributed by atoms with Crippen molar-refractivity contribution in [3.63, 3.8) is 0 Å². The van der Waals surface area contributed by atoms with Gasteiger partial charge in [0.05, 0.1) is 5.92 Å². The molecule has 1 rings (SSSR count). The highest BCUT2D eigenvalue weighted by Gasteiger charge is 2.34. The molecule has 1 aliphatic carbocycles. The Hall–Kier alpha value is -0.240. The van der Waals surface area contributed by atoms with Crippen LogP contribution in [0.5, 0.6) is 0 Å². The van der Waals surface area contributed by atoms with Crippen molar-refractivity contribution in [2.75, 3.05) is 0 Å². The molecule has 3 heteroatoms. The SMILES string of the molecule is C[C@H]1CC[C@H](Cl)C[C@@H]1C(=O)OC(C)(C)C. The number of ether oxygens (including phenoxy) is 1. The van der Waals surface area contributed by atoms with Gasteiger partial charge in [-0.2, -0.15) is 0 Å². The number of hydrogen-bond acceptors (Lipinski definition) is 2. The Kier molecular flexibility index (Phi) is 4.05. The van der Waals surface area contributed by atoms with E-state index in [0.29, 0.717) is 5.92 Å². The minimum atomic E-state index is -0.393. The Morgan fingerprint density at radius 3 is 2.47 bits per heavy atom. The lowest BCUT2D eigenvalue weighted by atomic mass is 9.80. The molecule has 3 atom stereocenters. The van der Waals surface area contributed by atoms with Crippen molar-refractivity contribution >= 4 is 17.6 Å². The van der Waals surface area contributed by atoms with Crippen LogP contribution >= 0.6 is 11.6 Å².